The molecule has 0 aromatic heterocycles. The first-order valence-corrected chi connectivity index (χ1v) is 13.4. The highest BCUT2D eigenvalue weighted by Crippen LogP contribution is 2.65. The second-order valence-electron chi connectivity index (χ2n) is 12.9. The van der Waals surface area contributed by atoms with E-state index in [1.807, 2.05) is 20.8 Å². The summed E-state index contributed by atoms with van der Waals surface area (Å²) in [5, 5.41) is 18.3. The Kier molecular flexibility index (Phi) is 7.11. The predicted octanol–water partition coefficient (Wildman–Crippen LogP) is 1.73. The topological polar surface area (TPSA) is 131 Å². The smallest absolute Gasteiger partial charge is 0.246 e. The average Bonchev–Trinajstić information content (AvgIpc) is 3.38. The summed E-state index contributed by atoms with van der Waals surface area (Å²) in [6, 6.07) is -0.108. The van der Waals surface area contributed by atoms with Gasteiger partial charge < -0.3 is 20.9 Å². The summed E-state index contributed by atoms with van der Waals surface area (Å²) in [5.41, 5.74) is -0.601. The van der Waals surface area contributed by atoms with E-state index in [9.17, 15) is 24.4 Å². The fourth-order valence-electron chi connectivity index (χ4n) is 6.63. The molecule has 4 amide bonds. The van der Waals surface area contributed by atoms with Crippen LogP contribution >= 0.6 is 0 Å². The van der Waals surface area contributed by atoms with Crippen molar-refractivity contribution in [3.8, 4) is 6.07 Å². The van der Waals surface area contributed by atoms with Crippen molar-refractivity contribution >= 4 is 23.6 Å². The fraction of sp³-hybridized carbons (Fsp3) is 0.815. The third kappa shape index (κ3) is 4.96. The maximum atomic E-state index is 13.9. The quantitative estimate of drug-likeness (QED) is 0.491. The first kappa shape index (κ1) is 26.4. The van der Waals surface area contributed by atoms with Crippen LogP contribution in [-0.4, -0.2) is 59.7 Å². The molecular weight excluding hydrogens is 458 g/mol. The van der Waals surface area contributed by atoms with Crippen LogP contribution in [0.4, 0.5) is 0 Å². The minimum Gasteiger partial charge on any atom is -0.356 e. The number of fused-ring (bicyclic) bond motifs is 1. The molecule has 9 heteroatoms. The van der Waals surface area contributed by atoms with Gasteiger partial charge in [-0.15, -0.1) is 0 Å². The van der Waals surface area contributed by atoms with Gasteiger partial charge in [-0.05, 0) is 48.3 Å². The number of nitriles is 1. The lowest BCUT2D eigenvalue weighted by molar-refractivity contribution is -0.146. The summed E-state index contributed by atoms with van der Waals surface area (Å²) >= 11 is 0. The molecule has 0 spiro atoms. The Labute approximate surface area is 214 Å². The first-order valence-electron chi connectivity index (χ1n) is 13.4. The number of carbonyl (C=O) groups is 4. The molecule has 0 radical (unpaired) electrons. The van der Waals surface area contributed by atoms with Gasteiger partial charge in [0.25, 0.3) is 0 Å². The zero-order valence-corrected chi connectivity index (χ0v) is 22.2. The van der Waals surface area contributed by atoms with Crippen molar-refractivity contribution in [3.63, 3.8) is 0 Å². The summed E-state index contributed by atoms with van der Waals surface area (Å²) in [6.45, 7) is 11.0. The first-order chi connectivity index (χ1) is 16.9. The molecule has 0 aromatic rings. The Hall–Kier alpha value is -2.63. The molecule has 2 saturated carbocycles. The van der Waals surface area contributed by atoms with Crippen LogP contribution in [0.3, 0.4) is 0 Å². The molecule has 2 heterocycles. The molecule has 0 aromatic carbocycles. The SMILES string of the molecule is CC(C)(C)C(NC(=O)C1CCCC1)C(=O)N1CC2C([C@H]1C(=O)N[C@H](C#N)C[C@@H]1CCNC1=O)C2(C)C. The Morgan fingerprint density at radius 2 is 1.81 bits per heavy atom. The Bertz CT molecular complexity index is 958. The normalized spacial score (nSPS) is 30.7. The predicted molar refractivity (Wildman–Crippen MR) is 133 cm³/mol. The zero-order chi connectivity index (χ0) is 26.4. The molecule has 36 heavy (non-hydrogen) atoms. The van der Waals surface area contributed by atoms with Crippen LogP contribution in [0.25, 0.3) is 0 Å². The van der Waals surface area contributed by atoms with E-state index in [2.05, 4.69) is 35.9 Å². The van der Waals surface area contributed by atoms with E-state index < -0.39 is 23.5 Å². The fourth-order valence-corrected chi connectivity index (χ4v) is 6.63. The third-order valence-corrected chi connectivity index (χ3v) is 9.04. The average molecular weight is 500 g/mol. The van der Waals surface area contributed by atoms with Gasteiger partial charge in [0.15, 0.2) is 0 Å². The lowest BCUT2D eigenvalue weighted by atomic mass is 9.84. The van der Waals surface area contributed by atoms with E-state index >= 15 is 0 Å². The van der Waals surface area contributed by atoms with Crippen LogP contribution in [0.2, 0.25) is 0 Å². The lowest BCUT2D eigenvalue weighted by Gasteiger charge is -2.38. The van der Waals surface area contributed by atoms with Crippen molar-refractivity contribution < 1.29 is 19.2 Å². The highest BCUT2D eigenvalue weighted by molar-refractivity contribution is 5.94. The number of amides is 4. The molecule has 4 aliphatic rings. The maximum Gasteiger partial charge on any atom is 0.246 e. The number of nitrogens with one attached hydrogen (secondary N) is 3. The van der Waals surface area contributed by atoms with Gasteiger partial charge in [0, 0.05) is 24.9 Å². The second-order valence-corrected chi connectivity index (χ2v) is 12.9. The molecule has 2 aliphatic carbocycles. The number of hydrogen-bond donors (Lipinski definition) is 3. The minimum atomic E-state index is -0.801. The van der Waals surface area contributed by atoms with Crippen molar-refractivity contribution in [3.05, 3.63) is 0 Å². The molecule has 4 rings (SSSR count). The number of rotatable bonds is 7. The van der Waals surface area contributed by atoms with Crippen LogP contribution in [0, 0.1) is 45.8 Å². The van der Waals surface area contributed by atoms with Crippen molar-refractivity contribution in [2.45, 2.75) is 91.3 Å². The van der Waals surface area contributed by atoms with E-state index in [1.165, 1.54) is 0 Å². The Morgan fingerprint density at radius 1 is 1.14 bits per heavy atom. The largest absolute Gasteiger partial charge is 0.356 e. The summed E-state index contributed by atoms with van der Waals surface area (Å²) in [4.78, 5) is 54.1. The maximum absolute atomic E-state index is 13.9. The lowest BCUT2D eigenvalue weighted by Crippen LogP contribution is -2.60. The second kappa shape index (κ2) is 9.68. The number of carbonyl (C=O) groups excluding carboxylic acids is 4. The third-order valence-electron chi connectivity index (χ3n) is 9.04. The number of nitrogens with zero attached hydrogens (tertiary/aromatic N) is 2. The number of likely N-dealkylation sites (tertiary alicyclic amines) is 1. The van der Waals surface area contributed by atoms with Gasteiger partial charge in [-0.1, -0.05) is 47.5 Å². The highest BCUT2D eigenvalue weighted by Gasteiger charge is 2.69. The molecule has 9 nitrogen and oxygen atoms in total. The van der Waals surface area contributed by atoms with E-state index in [-0.39, 0.29) is 59.1 Å². The summed E-state index contributed by atoms with van der Waals surface area (Å²) in [6.07, 6.45) is 4.65. The van der Waals surface area contributed by atoms with Crippen molar-refractivity contribution in [1.29, 1.82) is 5.26 Å². The van der Waals surface area contributed by atoms with E-state index in [0.29, 0.717) is 19.5 Å². The van der Waals surface area contributed by atoms with Gasteiger partial charge in [0.2, 0.25) is 23.6 Å². The van der Waals surface area contributed by atoms with Crippen molar-refractivity contribution in [2.75, 3.05) is 13.1 Å². The van der Waals surface area contributed by atoms with E-state index in [0.717, 1.165) is 25.7 Å². The van der Waals surface area contributed by atoms with Gasteiger partial charge in [-0.3, -0.25) is 19.2 Å². The summed E-state index contributed by atoms with van der Waals surface area (Å²) in [7, 11) is 0. The molecule has 0 bridgehead atoms. The zero-order valence-electron chi connectivity index (χ0n) is 22.2. The van der Waals surface area contributed by atoms with Gasteiger partial charge in [-0.25, -0.2) is 0 Å². The van der Waals surface area contributed by atoms with Crippen LogP contribution in [0.1, 0.15) is 73.1 Å². The molecule has 2 aliphatic heterocycles. The van der Waals surface area contributed by atoms with Gasteiger partial charge in [0.1, 0.15) is 18.1 Å². The molecule has 3 unspecified atom stereocenters. The minimum absolute atomic E-state index is 0.00160. The van der Waals surface area contributed by atoms with E-state index in [1.54, 1.807) is 4.90 Å². The highest BCUT2D eigenvalue weighted by atomic mass is 16.2. The van der Waals surface area contributed by atoms with Crippen molar-refractivity contribution in [2.24, 2.45) is 34.5 Å². The Balaban J connectivity index is 1.50. The van der Waals surface area contributed by atoms with Crippen LogP contribution in [-0.2, 0) is 19.2 Å². The summed E-state index contributed by atoms with van der Waals surface area (Å²) < 4.78 is 0. The molecule has 198 valence electrons. The van der Waals surface area contributed by atoms with E-state index in [4.69, 9.17) is 0 Å². The molecular formula is C27H41N5O4. The monoisotopic (exact) mass is 499 g/mol. The molecule has 4 fully saturated rings. The summed E-state index contributed by atoms with van der Waals surface area (Å²) in [5.74, 6) is -0.898. The van der Waals surface area contributed by atoms with Crippen LogP contribution in [0.5, 0.6) is 0 Å². The number of piperidine rings is 1. The molecule has 2 saturated heterocycles. The number of hydrogen-bond acceptors (Lipinski definition) is 5. The van der Waals surface area contributed by atoms with Gasteiger partial charge in [0.05, 0.1) is 6.07 Å². The molecule has 6 atom stereocenters. The Morgan fingerprint density at radius 3 is 2.36 bits per heavy atom. The standard InChI is InChI=1S/C27H41N5O4/c1-26(2,3)21(31-23(34)15-8-6-7-9-15)25(36)32-14-18-19(27(18,4)5)20(32)24(35)30-17(13-28)12-16-10-11-29-22(16)33/h15-21H,6-12,14H2,1-5H3,(H,29,33)(H,30,35)(H,31,34)/t16-,17-,18?,19?,20-,21?/m0/s1. The van der Waals surface area contributed by atoms with Gasteiger partial charge >= 0.3 is 0 Å². The molecule has 3 N–H and O–H groups in total. The van der Waals surface area contributed by atoms with Crippen LogP contribution < -0.4 is 16.0 Å². The van der Waals surface area contributed by atoms with Crippen LogP contribution in [0.15, 0.2) is 0 Å². The van der Waals surface area contributed by atoms with Crippen molar-refractivity contribution in [1.82, 2.24) is 20.9 Å². The van der Waals surface area contributed by atoms with Gasteiger partial charge in [-0.2, -0.15) is 5.26 Å².